The Kier molecular flexibility index (Phi) is 7.31. The van der Waals surface area contributed by atoms with Crippen molar-refractivity contribution < 1.29 is 23.5 Å². The lowest BCUT2D eigenvalue weighted by molar-refractivity contribution is -0.123. The normalized spacial score (nSPS) is 15.8. The van der Waals surface area contributed by atoms with E-state index in [0.29, 0.717) is 35.8 Å². The molecule has 8 heteroatoms. The van der Waals surface area contributed by atoms with Gasteiger partial charge in [0.25, 0.3) is 5.91 Å². The Balaban J connectivity index is 1.47. The van der Waals surface area contributed by atoms with E-state index >= 15 is 0 Å². The molecule has 7 nitrogen and oxygen atoms in total. The molecule has 1 saturated carbocycles. The fourth-order valence-electron chi connectivity index (χ4n) is 5.53. The second-order valence-electron chi connectivity index (χ2n) is 10.2. The molecule has 2 aliphatic rings. The summed E-state index contributed by atoms with van der Waals surface area (Å²) in [7, 11) is 0. The molecule has 3 aromatic carbocycles. The van der Waals surface area contributed by atoms with Gasteiger partial charge < -0.3 is 14.8 Å². The molecule has 1 atom stereocenters. The number of hydrogen-bond donors (Lipinski definition) is 1. The summed E-state index contributed by atoms with van der Waals surface area (Å²) in [4.78, 5) is 34.3. The summed E-state index contributed by atoms with van der Waals surface area (Å²) in [6, 6.07) is 18.9. The summed E-state index contributed by atoms with van der Waals surface area (Å²) in [6.07, 6.45) is 6.71. The minimum Gasteiger partial charge on any atom is -0.486 e. The average Bonchev–Trinajstić information content (AvgIpc) is 2.99. The van der Waals surface area contributed by atoms with Gasteiger partial charge in [0, 0.05) is 28.9 Å². The van der Waals surface area contributed by atoms with Crippen molar-refractivity contribution in [2.24, 2.45) is 0 Å². The van der Waals surface area contributed by atoms with E-state index in [0.717, 1.165) is 43.0 Å². The van der Waals surface area contributed by atoms with Gasteiger partial charge in [-0.1, -0.05) is 37.5 Å². The van der Waals surface area contributed by atoms with Gasteiger partial charge in [-0.2, -0.15) is 0 Å². The zero-order valence-corrected chi connectivity index (χ0v) is 22.0. The molecular formula is C32H30FN3O4. The van der Waals surface area contributed by atoms with Crippen LogP contribution < -0.4 is 19.7 Å². The highest BCUT2D eigenvalue weighted by atomic mass is 19.1. The first kappa shape index (κ1) is 25.8. The summed E-state index contributed by atoms with van der Waals surface area (Å²) >= 11 is 0. The van der Waals surface area contributed by atoms with E-state index in [4.69, 9.17) is 9.47 Å². The quantitative estimate of drug-likeness (QED) is 0.326. The predicted molar refractivity (Wildman–Crippen MR) is 150 cm³/mol. The number of fused-ring (bicyclic) bond motifs is 2. The van der Waals surface area contributed by atoms with Crippen LogP contribution in [0.25, 0.3) is 10.9 Å². The van der Waals surface area contributed by atoms with Gasteiger partial charge in [0.15, 0.2) is 11.5 Å². The van der Waals surface area contributed by atoms with Crippen LogP contribution in [0.2, 0.25) is 0 Å². The summed E-state index contributed by atoms with van der Waals surface area (Å²) in [5.74, 6) is -0.278. The highest BCUT2D eigenvalue weighted by Gasteiger charge is 2.35. The van der Waals surface area contributed by atoms with E-state index in [2.05, 4.69) is 10.3 Å². The molecule has 0 unspecified atom stereocenters. The van der Waals surface area contributed by atoms with Gasteiger partial charge in [-0.3, -0.25) is 19.5 Å². The lowest BCUT2D eigenvalue weighted by Gasteiger charge is -2.34. The topological polar surface area (TPSA) is 80.8 Å². The van der Waals surface area contributed by atoms with Crippen molar-refractivity contribution in [2.45, 2.75) is 44.2 Å². The van der Waals surface area contributed by atoms with Gasteiger partial charge in [0.05, 0.1) is 5.52 Å². The maximum atomic E-state index is 14.6. The molecule has 0 spiro atoms. The number of ether oxygens (including phenoxy) is 2. The Bertz CT molecular complexity index is 1550. The third-order valence-electron chi connectivity index (χ3n) is 7.50. The van der Waals surface area contributed by atoms with Gasteiger partial charge in [0.2, 0.25) is 5.91 Å². The molecule has 0 radical (unpaired) electrons. The van der Waals surface area contributed by atoms with Crippen LogP contribution in [0, 0.1) is 5.82 Å². The number of pyridine rings is 1. The minimum atomic E-state index is -1.06. The molecule has 1 aromatic heterocycles. The summed E-state index contributed by atoms with van der Waals surface area (Å²) in [5, 5.41) is 4.03. The number of aromatic nitrogens is 1. The maximum absolute atomic E-state index is 14.6. The Hall–Kier alpha value is -4.46. The van der Waals surface area contributed by atoms with Crippen molar-refractivity contribution in [1.29, 1.82) is 0 Å². The summed E-state index contributed by atoms with van der Waals surface area (Å²) in [5.41, 5.74) is 1.94. The largest absolute Gasteiger partial charge is 0.486 e. The zero-order valence-electron chi connectivity index (χ0n) is 22.0. The lowest BCUT2D eigenvalue weighted by Crippen LogP contribution is -2.47. The number of amides is 2. The van der Waals surface area contributed by atoms with Gasteiger partial charge in [-0.25, -0.2) is 4.39 Å². The van der Waals surface area contributed by atoms with E-state index in [9.17, 15) is 14.0 Å². The van der Waals surface area contributed by atoms with Gasteiger partial charge in [0.1, 0.15) is 25.1 Å². The van der Waals surface area contributed by atoms with E-state index in [1.165, 1.54) is 23.1 Å². The first-order chi connectivity index (χ1) is 19.6. The minimum absolute atomic E-state index is 0.0182. The van der Waals surface area contributed by atoms with Crippen LogP contribution in [-0.4, -0.2) is 36.1 Å². The summed E-state index contributed by atoms with van der Waals surface area (Å²) in [6.45, 7) is 0.797. The number of halogens is 1. The second-order valence-corrected chi connectivity index (χ2v) is 10.2. The average molecular weight is 540 g/mol. The maximum Gasteiger partial charge on any atom is 0.259 e. The molecule has 1 aliphatic carbocycles. The van der Waals surface area contributed by atoms with Gasteiger partial charge >= 0.3 is 0 Å². The van der Waals surface area contributed by atoms with Crippen molar-refractivity contribution in [1.82, 2.24) is 10.3 Å². The third-order valence-corrected chi connectivity index (χ3v) is 7.50. The van der Waals surface area contributed by atoms with Crippen LogP contribution in [0.1, 0.15) is 54.1 Å². The molecule has 2 heterocycles. The molecular weight excluding hydrogens is 509 g/mol. The Morgan fingerprint density at radius 2 is 1.73 bits per heavy atom. The second kappa shape index (κ2) is 11.3. The number of nitrogens with zero attached hydrogens (tertiary/aromatic N) is 2. The molecule has 0 saturated heterocycles. The van der Waals surface area contributed by atoms with Crippen LogP contribution in [0.5, 0.6) is 11.5 Å². The van der Waals surface area contributed by atoms with Crippen molar-refractivity contribution in [3.05, 3.63) is 95.9 Å². The summed E-state index contributed by atoms with van der Waals surface area (Å²) < 4.78 is 25.9. The van der Waals surface area contributed by atoms with Crippen molar-refractivity contribution in [3.63, 3.8) is 0 Å². The van der Waals surface area contributed by atoms with Crippen molar-refractivity contribution in [2.75, 3.05) is 18.1 Å². The molecule has 1 fully saturated rings. The number of carbonyl (C=O) groups is 2. The molecule has 0 bridgehead atoms. The molecule has 4 aromatic rings. The highest BCUT2D eigenvalue weighted by molar-refractivity contribution is 6.10. The van der Waals surface area contributed by atoms with Crippen molar-refractivity contribution in [3.8, 4) is 11.5 Å². The Labute approximate surface area is 231 Å². The van der Waals surface area contributed by atoms with E-state index in [1.807, 2.05) is 30.3 Å². The molecule has 2 amide bonds. The van der Waals surface area contributed by atoms with Gasteiger partial charge in [-0.05, 0) is 73.0 Å². The number of nitrogens with one attached hydrogen (secondary N) is 1. The van der Waals surface area contributed by atoms with Crippen LogP contribution in [0.15, 0.2) is 79.0 Å². The molecule has 1 aliphatic heterocycles. The number of anilines is 1. The van der Waals surface area contributed by atoms with Crippen LogP contribution in [0.3, 0.4) is 0 Å². The first-order valence-corrected chi connectivity index (χ1v) is 13.7. The Morgan fingerprint density at radius 3 is 2.55 bits per heavy atom. The zero-order chi connectivity index (χ0) is 27.5. The first-order valence-electron chi connectivity index (χ1n) is 13.7. The van der Waals surface area contributed by atoms with E-state index in [-0.39, 0.29) is 17.6 Å². The standard InChI is InChI=1S/C32H30FN3O4/c33-24-7-4-10-26(20-24)36(32(38)23-12-14-28-29(19-23)40-17-16-39-28)30(31(37)35-25-8-2-1-3-9-25)22-11-13-27-21(18-22)6-5-15-34-27/h4-7,10-15,18-20,25,30H,1-3,8-9,16-17H2,(H,35,37)/t30-/m0/s1. The SMILES string of the molecule is O=C(NC1CCCCC1)[C@H](c1ccc2ncccc2c1)N(C(=O)c1ccc2c(c1)OCCO2)c1cccc(F)c1. The number of benzene rings is 3. The fraction of sp³-hybridized carbons (Fsp3) is 0.281. The van der Waals surface area contributed by atoms with Crippen molar-refractivity contribution >= 4 is 28.4 Å². The number of rotatable bonds is 6. The monoisotopic (exact) mass is 539 g/mol. The van der Waals surface area contributed by atoms with Crippen LogP contribution >= 0.6 is 0 Å². The van der Waals surface area contributed by atoms with Gasteiger partial charge in [-0.15, -0.1) is 0 Å². The third kappa shape index (κ3) is 5.34. The number of carbonyl (C=O) groups excluding carboxylic acids is 2. The number of hydrogen-bond acceptors (Lipinski definition) is 5. The highest BCUT2D eigenvalue weighted by Crippen LogP contribution is 2.35. The molecule has 204 valence electrons. The Morgan fingerprint density at radius 1 is 0.900 bits per heavy atom. The lowest BCUT2D eigenvalue weighted by atomic mass is 9.94. The molecule has 6 rings (SSSR count). The smallest absolute Gasteiger partial charge is 0.259 e. The van der Waals surface area contributed by atoms with E-state index < -0.39 is 17.8 Å². The van der Waals surface area contributed by atoms with E-state index in [1.54, 1.807) is 30.5 Å². The fourth-order valence-corrected chi connectivity index (χ4v) is 5.53. The molecule has 40 heavy (non-hydrogen) atoms. The van der Waals surface area contributed by atoms with Crippen LogP contribution in [-0.2, 0) is 4.79 Å². The molecule has 1 N–H and O–H groups in total. The van der Waals surface area contributed by atoms with Crippen LogP contribution in [0.4, 0.5) is 10.1 Å². The predicted octanol–water partition coefficient (Wildman–Crippen LogP) is 5.98.